The molecule has 0 aliphatic heterocycles. The maximum Gasteiger partial charge on any atom is 0.220 e. The molecule has 1 amide bonds. The van der Waals surface area contributed by atoms with E-state index in [2.05, 4.69) is 35.1 Å². The van der Waals surface area contributed by atoms with Gasteiger partial charge in [0.15, 0.2) is 0 Å². The van der Waals surface area contributed by atoms with Gasteiger partial charge in [-0.05, 0) is 30.7 Å². The summed E-state index contributed by atoms with van der Waals surface area (Å²) in [4.78, 5) is 10.7. The fourth-order valence-electron chi connectivity index (χ4n) is 1.58. The van der Waals surface area contributed by atoms with Crippen LogP contribution in [0.4, 0.5) is 0 Å². The van der Waals surface area contributed by atoms with Crippen LogP contribution >= 0.6 is 15.9 Å². The third-order valence-electron chi connectivity index (χ3n) is 2.50. The molecule has 1 rings (SSSR count). The van der Waals surface area contributed by atoms with Crippen molar-refractivity contribution in [2.75, 3.05) is 13.2 Å². The number of hydrogen-bond donors (Lipinski definition) is 2. The number of nitrogens with one attached hydrogen (secondary N) is 1. The van der Waals surface area contributed by atoms with Crippen LogP contribution in [-0.2, 0) is 11.3 Å². The molecule has 0 bridgehead atoms. The number of amides is 1. The highest BCUT2D eigenvalue weighted by Crippen LogP contribution is 2.23. The Balaban J connectivity index is 2.60. The zero-order chi connectivity index (χ0) is 14.3. The number of primary amides is 1. The third-order valence-corrected chi connectivity index (χ3v) is 2.99. The molecule has 0 saturated carbocycles. The van der Waals surface area contributed by atoms with E-state index in [1.165, 1.54) is 0 Å². The SMILES string of the molecule is CC(C)CNCc1cc(Br)ccc1OCCC(N)=O. The van der Waals surface area contributed by atoms with Crippen LogP contribution in [0.5, 0.6) is 5.75 Å². The Kier molecular flexibility index (Phi) is 6.87. The monoisotopic (exact) mass is 328 g/mol. The number of carbonyl (C=O) groups excluding carboxylic acids is 1. The molecule has 1 aromatic rings. The van der Waals surface area contributed by atoms with Gasteiger partial charge in [0.2, 0.25) is 5.91 Å². The van der Waals surface area contributed by atoms with Gasteiger partial charge in [-0.15, -0.1) is 0 Å². The lowest BCUT2D eigenvalue weighted by Crippen LogP contribution is -2.20. The Morgan fingerprint density at radius 2 is 2.21 bits per heavy atom. The Morgan fingerprint density at radius 3 is 2.84 bits per heavy atom. The van der Waals surface area contributed by atoms with Gasteiger partial charge in [0.05, 0.1) is 13.0 Å². The van der Waals surface area contributed by atoms with E-state index >= 15 is 0 Å². The molecule has 4 nitrogen and oxygen atoms in total. The molecule has 0 fully saturated rings. The largest absolute Gasteiger partial charge is 0.493 e. The van der Waals surface area contributed by atoms with Crippen LogP contribution < -0.4 is 15.8 Å². The highest BCUT2D eigenvalue weighted by molar-refractivity contribution is 9.10. The van der Waals surface area contributed by atoms with Crippen molar-refractivity contribution in [3.05, 3.63) is 28.2 Å². The van der Waals surface area contributed by atoms with Gasteiger partial charge in [-0.2, -0.15) is 0 Å². The summed E-state index contributed by atoms with van der Waals surface area (Å²) < 4.78 is 6.61. The molecule has 0 unspecified atom stereocenters. The standard InChI is InChI=1S/C14H21BrN2O2/c1-10(2)8-17-9-11-7-12(15)3-4-13(11)19-6-5-14(16)18/h3-4,7,10,17H,5-6,8-9H2,1-2H3,(H2,16,18). The third kappa shape index (κ3) is 6.59. The van der Waals surface area contributed by atoms with Gasteiger partial charge in [-0.3, -0.25) is 4.79 Å². The lowest BCUT2D eigenvalue weighted by atomic mass is 10.2. The molecule has 0 aromatic heterocycles. The highest BCUT2D eigenvalue weighted by Gasteiger charge is 2.06. The Morgan fingerprint density at radius 1 is 1.47 bits per heavy atom. The van der Waals surface area contributed by atoms with Crippen LogP contribution in [0.1, 0.15) is 25.8 Å². The quantitative estimate of drug-likeness (QED) is 0.770. The van der Waals surface area contributed by atoms with Crippen LogP contribution in [-0.4, -0.2) is 19.1 Å². The number of halogens is 1. The molecule has 1 aromatic carbocycles. The first-order valence-electron chi connectivity index (χ1n) is 6.39. The summed E-state index contributed by atoms with van der Waals surface area (Å²) in [5, 5.41) is 3.38. The molecule has 0 spiro atoms. The maximum absolute atomic E-state index is 10.7. The van der Waals surface area contributed by atoms with Gasteiger partial charge in [0.1, 0.15) is 5.75 Å². The lowest BCUT2D eigenvalue weighted by Gasteiger charge is -2.13. The summed E-state index contributed by atoms with van der Waals surface area (Å²) in [6.45, 7) is 6.33. The van der Waals surface area contributed by atoms with Gasteiger partial charge in [0, 0.05) is 16.6 Å². The first kappa shape index (κ1) is 16.0. The van der Waals surface area contributed by atoms with Crippen molar-refractivity contribution >= 4 is 21.8 Å². The molecule has 0 aliphatic carbocycles. The van der Waals surface area contributed by atoms with Gasteiger partial charge in [-0.25, -0.2) is 0 Å². The zero-order valence-electron chi connectivity index (χ0n) is 11.4. The molecule has 0 saturated heterocycles. The summed E-state index contributed by atoms with van der Waals surface area (Å²) in [6, 6.07) is 5.84. The van der Waals surface area contributed by atoms with E-state index in [-0.39, 0.29) is 12.3 Å². The number of nitrogens with two attached hydrogens (primary N) is 1. The summed E-state index contributed by atoms with van der Waals surface area (Å²) in [5.41, 5.74) is 6.16. The van der Waals surface area contributed by atoms with Crippen molar-refractivity contribution in [2.24, 2.45) is 11.7 Å². The molecule has 0 heterocycles. The number of carbonyl (C=O) groups is 1. The summed E-state index contributed by atoms with van der Waals surface area (Å²) >= 11 is 3.45. The average Bonchev–Trinajstić information content (AvgIpc) is 2.31. The van der Waals surface area contributed by atoms with Gasteiger partial charge >= 0.3 is 0 Å². The Labute approximate surface area is 122 Å². The van der Waals surface area contributed by atoms with E-state index < -0.39 is 0 Å². The summed E-state index contributed by atoms with van der Waals surface area (Å²) in [7, 11) is 0. The predicted molar refractivity (Wildman–Crippen MR) is 80.0 cm³/mol. The minimum atomic E-state index is -0.350. The maximum atomic E-state index is 10.7. The second-order valence-corrected chi connectivity index (χ2v) is 5.76. The van der Waals surface area contributed by atoms with Crippen molar-refractivity contribution in [1.29, 1.82) is 0 Å². The first-order valence-corrected chi connectivity index (χ1v) is 7.18. The first-order chi connectivity index (χ1) is 8.99. The van der Waals surface area contributed by atoms with Crippen molar-refractivity contribution in [3.63, 3.8) is 0 Å². The van der Waals surface area contributed by atoms with Crippen LogP contribution in [0.25, 0.3) is 0 Å². The van der Waals surface area contributed by atoms with Crippen LogP contribution in [0.15, 0.2) is 22.7 Å². The van der Waals surface area contributed by atoms with E-state index in [9.17, 15) is 4.79 Å². The van der Waals surface area contributed by atoms with Crippen molar-refractivity contribution in [3.8, 4) is 5.75 Å². The molecular weight excluding hydrogens is 308 g/mol. The molecule has 0 atom stereocenters. The van der Waals surface area contributed by atoms with E-state index in [0.29, 0.717) is 12.5 Å². The Hall–Kier alpha value is -1.07. The second-order valence-electron chi connectivity index (χ2n) is 4.84. The number of ether oxygens (including phenoxy) is 1. The van der Waals surface area contributed by atoms with Gasteiger partial charge < -0.3 is 15.8 Å². The van der Waals surface area contributed by atoms with E-state index in [1.807, 2.05) is 18.2 Å². The fraction of sp³-hybridized carbons (Fsp3) is 0.500. The zero-order valence-corrected chi connectivity index (χ0v) is 13.0. The molecule has 5 heteroatoms. The average molecular weight is 329 g/mol. The minimum Gasteiger partial charge on any atom is -0.493 e. The highest BCUT2D eigenvalue weighted by atomic mass is 79.9. The molecular formula is C14H21BrN2O2. The van der Waals surface area contributed by atoms with Crippen LogP contribution in [0, 0.1) is 5.92 Å². The number of rotatable bonds is 8. The molecule has 0 aliphatic rings. The lowest BCUT2D eigenvalue weighted by molar-refractivity contribution is -0.118. The number of hydrogen-bond acceptors (Lipinski definition) is 3. The van der Waals surface area contributed by atoms with E-state index in [4.69, 9.17) is 10.5 Å². The van der Waals surface area contributed by atoms with Crippen molar-refractivity contribution in [2.45, 2.75) is 26.8 Å². The Bertz CT molecular complexity index is 422. The normalized spacial score (nSPS) is 10.7. The van der Waals surface area contributed by atoms with E-state index in [1.54, 1.807) is 0 Å². The van der Waals surface area contributed by atoms with Gasteiger partial charge in [-0.1, -0.05) is 29.8 Å². The molecule has 3 N–H and O–H groups in total. The smallest absolute Gasteiger partial charge is 0.220 e. The fourth-order valence-corrected chi connectivity index (χ4v) is 1.99. The molecule has 0 radical (unpaired) electrons. The van der Waals surface area contributed by atoms with Gasteiger partial charge in [0.25, 0.3) is 0 Å². The number of benzene rings is 1. The summed E-state index contributed by atoms with van der Waals surface area (Å²) in [6.07, 6.45) is 0.231. The minimum absolute atomic E-state index is 0.231. The van der Waals surface area contributed by atoms with Crippen LogP contribution in [0.2, 0.25) is 0 Å². The van der Waals surface area contributed by atoms with Crippen molar-refractivity contribution < 1.29 is 9.53 Å². The second kappa shape index (κ2) is 8.17. The molecule has 19 heavy (non-hydrogen) atoms. The van der Waals surface area contributed by atoms with Crippen LogP contribution in [0.3, 0.4) is 0 Å². The van der Waals surface area contributed by atoms with E-state index in [0.717, 1.165) is 28.9 Å². The van der Waals surface area contributed by atoms with Crippen molar-refractivity contribution in [1.82, 2.24) is 5.32 Å². The topological polar surface area (TPSA) is 64.3 Å². The summed E-state index contributed by atoms with van der Waals surface area (Å²) in [5.74, 6) is 1.05. The predicted octanol–water partition coefficient (Wildman–Crippen LogP) is 2.45. The molecule has 106 valence electrons.